The van der Waals surface area contributed by atoms with Crippen LogP contribution in [0, 0.1) is 0 Å². The van der Waals surface area contributed by atoms with Crippen LogP contribution in [-0.2, 0) is 30.3 Å². The smallest absolute Gasteiger partial charge is 0.408 e. The van der Waals surface area contributed by atoms with Gasteiger partial charge in [0, 0.05) is 6.04 Å². The molecule has 0 aliphatic heterocycles. The highest BCUT2D eigenvalue weighted by Crippen LogP contribution is 2.35. The van der Waals surface area contributed by atoms with Gasteiger partial charge in [0.15, 0.2) is 0 Å². The predicted octanol–water partition coefficient (Wildman–Crippen LogP) is 2.48. The zero-order valence-corrected chi connectivity index (χ0v) is 20.3. The number of esters is 1. The van der Waals surface area contributed by atoms with Gasteiger partial charge < -0.3 is 25.0 Å². The van der Waals surface area contributed by atoms with Crippen LogP contribution in [-0.4, -0.2) is 60.1 Å². The fourth-order valence-electron chi connectivity index (χ4n) is 3.34. The lowest BCUT2D eigenvalue weighted by atomic mass is 10.0. The number of carbonyl (C=O) groups is 4. The van der Waals surface area contributed by atoms with Crippen molar-refractivity contribution in [3.05, 3.63) is 35.4 Å². The Labute approximate surface area is 195 Å². The van der Waals surface area contributed by atoms with Crippen molar-refractivity contribution in [3.8, 4) is 0 Å². The minimum absolute atomic E-state index is 0.139. The van der Waals surface area contributed by atoms with Crippen LogP contribution >= 0.6 is 0 Å². The molecule has 0 saturated heterocycles. The number of nitrogens with one attached hydrogen (secondary N) is 2. The van der Waals surface area contributed by atoms with Crippen molar-refractivity contribution in [1.82, 2.24) is 15.5 Å². The van der Waals surface area contributed by atoms with E-state index in [1.54, 1.807) is 27.7 Å². The van der Waals surface area contributed by atoms with Gasteiger partial charge in [0.25, 0.3) is 0 Å². The molecule has 2 rings (SSSR count). The predicted molar refractivity (Wildman–Crippen MR) is 122 cm³/mol. The molecule has 2 atom stereocenters. The minimum Gasteiger partial charge on any atom is -0.468 e. The molecule has 0 aromatic heterocycles. The van der Waals surface area contributed by atoms with Crippen molar-refractivity contribution in [2.75, 3.05) is 13.7 Å². The van der Waals surface area contributed by atoms with Crippen LogP contribution in [0.3, 0.4) is 0 Å². The molecular weight excluding hydrogens is 426 g/mol. The molecule has 33 heavy (non-hydrogen) atoms. The van der Waals surface area contributed by atoms with E-state index in [0.29, 0.717) is 5.56 Å². The van der Waals surface area contributed by atoms with E-state index in [9.17, 15) is 19.2 Å². The fourth-order valence-corrected chi connectivity index (χ4v) is 3.34. The second-order valence-corrected chi connectivity index (χ2v) is 9.14. The summed E-state index contributed by atoms with van der Waals surface area (Å²) in [6.07, 6.45) is 1.62. The molecule has 0 radical (unpaired) electrons. The van der Waals surface area contributed by atoms with E-state index in [1.807, 2.05) is 31.2 Å². The molecule has 1 aromatic rings. The van der Waals surface area contributed by atoms with Crippen molar-refractivity contribution in [2.24, 2.45) is 0 Å². The Bertz CT molecular complexity index is 858. The number of ether oxygens (including phenoxy) is 2. The first kappa shape index (κ1) is 26.2. The summed E-state index contributed by atoms with van der Waals surface area (Å²) in [4.78, 5) is 51.9. The quantitative estimate of drug-likeness (QED) is 0.546. The number of carbonyl (C=O) groups excluding carboxylic acids is 4. The molecule has 182 valence electrons. The van der Waals surface area contributed by atoms with E-state index in [-0.39, 0.29) is 12.6 Å². The Balaban J connectivity index is 2.31. The number of hydrogen-bond acceptors (Lipinski definition) is 6. The zero-order valence-electron chi connectivity index (χ0n) is 20.3. The molecular formula is C24H35N3O6. The Morgan fingerprint density at radius 2 is 1.73 bits per heavy atom. The molecule has 1 aliphatic carbocycles. The number of aryl methyl sites for hydroxylation is 1. The van der Waals surface area contributed by atoms with Crippen molar-refractivity contribution in [3.63, 3.8) is 0 Å². The third-order valence-corrected chi connectivity index (χ3v) is 5.16. The van der Waals surface area contributed by atoms with E-state index in [1.165, 1.54) is 12.0 Å². The number of amides is 3. The van der Waals surface area contributed by atoms with Gasteiger partial charge in [-0.05, 0) is 58.1 Å². The SMILES string of the molecule is CCc1ccc(C(C(=O)NCC(=O)OC)N(C(=O)C(C)NC(=O)OC(C)(C)C)C2CC2)cc1. The van der Waals surface area contributed by atoms with E-state index in [2.05, 4.69) is 15.4 Å². The normalized spacial score (nSPS) is 15.1. The Morgan fingerprint density at radius 1 is 1.12 bits per heavy atom. The second-order valence-electron chi connectivity index (χ2n) is 9.14. The van der Waals surface area contributed by atoms with E-state index in [0.717, 1.165) is 24.8 Å². The standard InChI is InChI=1S/C24H35N3O6/c1-7-16-8-10-17(11-9-16)20(21(29)25-14-19(28)32-6)27(18-12-13-18)22(30)15(2)26-23(31)33-24(3,4)5/h8-11,15,18,20H,7,12-14H2,1-6H3,(H,25,29)(H,26,31). The summed E-state index contributed by atoms with van der Waals surface area (Å²) in [5.74, 6) is -1.48. The maximum absolute atomic E-state index is 13.4. The largest absolute Gasteiger partial charge is 0.468 e. The molecule has 9 nitrogen and oxygen atoms in total. The van der Waals surface area contributed by atoms with Gasteiger partial charge in [0.2, 0.25) is 11.8 Å². The Hall–Kier alpha value is -3.10. The number of rotatable bonds is 9. The monoisotopic (exact) mass is 461 g/mol. The van der Waals surface area contributed by atoms with Crippen molar-refractivity contribution in [2.45, 2.75) is 77.6 Å². The number of methoxy groups -OCH3 is 1. The lowest BCUT2D eigenvalue weighted by Crippen LogP contribution is -2.53. The molecule has 1 aromatic carbocycles. The third-order valence-electron chi connectivity index (χ3n) is 5.16. The molecule has 2 unspecified atom stereocenters. The lowest BCUT2D eigenvalue weighted by molar-refractivity contribution is -0.145. The van der Waals surface area contributed by atoms with Gasteiger partial charge in [-0.2, -0.15) is 0 Å². The number of nitrogens with zero attached hydrogens (tertiary/aromatic N) is 1. The highest BCUT2D eigenvalue weighted by molar-refractivity contribution is 5.93. The summed E-state index contributed by atoms with van der Waals surface area (Å²) in [6.45, 7) is 8.48. The molecule has 0 spiro atoms. The molecule has 1 fully saturated rings. The molecule has 9 heteroatoms. The average Bonchev–Trinajstić information content (AvgIpc) is 3.58. The first-order valence-corrected chi connectivity index (χ1v) is 11.2. The number of hydrogen-bond donors (Lipinski definition) is 2. The summed E-state index contributed by atoms with van der Waals surface area (Å²) in [6, 6.07) is 5.45. The van der Waals surface area contributed by atoms with Crippen molar-refractivity contribution in [1.29, 1.82) is 0 Å². The Morgan fingerprint density at radius 3 is 2.21 bits per heavy atom. The van der Waals surface area contributed by atoms with Gasteiger partial charge in [-0.15, -0.1) is 0 Å². The van der Waals surface area contributed by atoms with Crippen LogP contribution in [0.1, 0.15) is 64.6 Å². The zero-order chi connectivity index (χ0) is 24.8. The molecule has 0 bridgehead atoms. The van der Waals surface area contributed by atoms with E-state index >= 15 is 0 Å². The van der Waals surface area contributed by atoms with Crippen LogP contribution in [0.15, 0.2) is 24.3 Å². The maximum Gasteiger partial charge on any atom is 0.408 e. The molecule has 1 aliphatic rings. The van der Waals surface area contributed by atoms with Crippen molar-refractivity contribution < 1.29 is 28.7 Å². The van der Waals surface area contributed by atoms with Gasteiger partial charge in [-0.3, -0.25) is 14.4 Å². The summed E-state index contributed by atoms with van der Waals surface area (Å²) in [5, 5.41) is 5.13. The maximum atomic E-state index is 13.4. The summed E-state index contributed by atoms with van der Waals surface area (Å²) in [7, 11) is 1.24. The lowest BCUT2D eigenvalue weighted by Gasteiger charge is -2.33. The van der Waals surface area contributed by atoms with E-state index in [4.69, 9.17) is 4.74 Å². The number of alkyl carbamates (subject to hydrolysis) is 1. The Kier molecular flexibility index (Phi) is 8.84. The summed E-state index contributed by atoms with van der Waals surface area (Å²) < 4.78 is 9.87. The number of benzene rings is 1. The molecule has 0 heterocycles. The highest BCUT2D eigenvalue weighted by Gasteiger charge is 2.43. The minimum atomic E-state index is -0.955. The van der Waals surface area contributed by atoms with Gasteiger partial charge in [-0.1, -0.05) is 31.2 Å². The first-order valence-electron chi connectivity index (χ1n) is 11.2. The van der Waals surface area contributed by atoms with Crippen LogP contribution in [0.25, 0.3) is 0 Å². The fraction of sp³-hybridized carbons (Fsp3) is 0.583. The van der Waals surface area contributed by atoms with E-state index < -0.39 is 41.6 Å². The highest BCUT2D eigenvalue weighted by atomic mass is 16.6. The van der Waals surface area contributed by atoms with Crippen molar-refractivity contribution >= 4 is 23.9 Å². The van der Waals surface area contributed by atoms with Crippen LogP contribution in [0.4, 0.5) is 4.79 Å². The topological polar surface area (TPSA) is 114 Å². The second kappa shape index (κ2) is 11.2. The van der Waals surface area contributed by atoms with Crippen LogP contribution in [0.5, 0.6) is 0 Å². The van der Waals surface area contributed by atoms with Gasteiger partial charge >= 0.3 is 12.1 Å². The van der Waals surface area contributed by atoms with Gasteiger partial charge in [0.1, 0.15) is 24.2 Å². The molecule has 1 saturated carbocycles. The summed E-state index contributed by atoms with van der Waals surface area (Å²) >= 11 is 0. The molecule has 3 amide bonds. The third kappa shape index (κ3) is 7.76. The van der Waals surface area contributed by atoms with Gasteiger partial charge in [-0.25, -0.2) is 4.79 Å². The van der Waals surface area contributed by atoms with Crippen LogP contribution < -0.4 is 10.6 Å². The molecule has 2 N–H and O–H groups in total. The average molecular weight is 462 g/mol. The van der Waals surface area contributed by atoms with Crippen LogP contribution in [0.2, 0.25) is 0 Å². The first-order chi connectivity index (χ1) is 15.5. The van der Waals surface area contributed by atoms with Gasteiger partial charge in [0.05, 0.1) is 7.11 Å². The summed E-state index contributed by atoms with van der Waals surface area (Å²) in [5.41, 5.74) is 1.01.